The van der Waals surface area contributed by atoms with E-state index in [4.69, 9.17) is 0 Å². The molecule has 0 heteroatoms. The van der Waals surface area contributed by atoms with Gasteiger partial charge in [-0.05, 0) is 24.2 Å². The van der Waals surface area contributed by atoms with Crippen LogP contribution >= 0.6 is 0 Å². The Morgan fingerprint density at radius 2 is 1.75 bits per heavy atom. The van der Waals surface area contributed by atoms with Gasteiger partial charge in [0.15, 0.2) is 0 Å². The zero-order valence-corrected chi connectivity index (χ0v) is 9.32. The maximum atomic E-state index is 3.95. The van der Waals surface area contributed by atoms with Crippen molar-refractivity contribution in [3.63, 3.8) is 0 Å². The summed E-state index contributed by atoms with van der Waals surface area (Å²) in [6.45, 7) is 13.3. The molecule has 0 fully saturated rings. The van der Waals surface area contributed by atoms with Crippen LogP contribution in [0.1, 0.15) is 59.8 Å². The van der Waals surface area contributed by atoms with Gasteiger partial charge in [0.05, 0.1) is 0 Å². The molecular formula is C12H25. The molecule has 0 amide bonds. The second-order valence-corrected chi connectivity index (χ2v) is 4.85. The topological polar surface area (TPSA) is 0 Å². The second kappa shape index (κ2) is 5.61. The second-order valence-electron chi connectivity index (χ2n) is 4.85. The van der Waals surface area contributed by atoms with Gasteiger partial charge in [0.1, 0.15) is 0 Å². The predicted molar refractivity (Wildman–Crippen MR) is 57.1 cm³/mol. The standard InChI is InChI=1S/C12H25/c1-6-8-10-11(9-7-2)12(3,4)5/h11H,2,6-10H2,1,3-5H3. The van der Waals surface area contributed by atoms with E-state index in [2.05, 4.69) is 34.6 Å². The van der Waals surface area contributed by atoms with Crippen molar-refractivity contribution in [3.05, 3.63) is 6.92 Å². The Morgan fingerprint density at radius 3 is 2.08 bits per heavy atom. The van der Waals surface area contributed by atoms with Gasteiger partial charge >= 0.3 is 0 Å². The molecule has 0 heterocycles. The molecule has 1 unspecified atom stereocenters. The average molecular weight is 169 g/mol. The van der Waals surface area contributed by atoms with Crippen molar-refractivity contribution >= 4 is 0 Å². The minimum Gasteiger partial charge on any atom is -0.0654 e. The van der Waals surface area contributed by atoms with Crippen LogP contribution in [-0.4, -0.2) is 0 Å². The fourth-order valence-corrected chi connectivity index (χ4v) is 1.71. The SMILES string of the molecule is [CH2]CCC(CCCC)C(C)(C)C. The molecule has 0 saturated heterocycles. The van der Waals surface area contributed by atoms with Gasteiger partial charge < -0.3 is 0 Å². The van der Waals surface area contributed by atoms with Gasteiger partial charge in [-0.2, -0.15) is 0 Å². The maximum absolute atomic E-state index is 3.95. The maximum Gasteiger partial charge on any atom is -0.0354 e. The Morgan fingerprint density at radius 1 is 1.17 bits per heavy atom. The van der Waals surface area contributed by atoms with Crippen LogP contribution in [0.25, 0.3) is 0 Å². The first-order valence-electron chi connectivity index (χ1n) is 5.31. The third-order valence-electron chi connectivity index (χ3n) is 2.68. The molecule has 0 rings (SSSR count). The summed E-state index contributed by atoms with van der Waals surface area (Å²) in [6.07, 6.45) is 6.47. The molecule has 0 saturated carbocycles. The van der Waals surface area contributed by atoms with Gasteiger partial charge in [-0.1, -0.05) is 53.9 Å². The van der Waals surface area contributed by atoms with E-state index in [1.807, 2.05) is 0 Å². The predicted octanol–water partition coefficient (Wildman–Crippen LogP) is 4.45. The molecule has 0 aliphatic heterocycles. The Bertz CT molecular complexity index is 97.1. The van der Waals surface area contributed by atoms with Gasteiger partial charge in [-0.15, -0.1) is 0 Å². The smallest absolute Gasteiger partial charge is 0.0354 e. The summed E-state index contributed by atoms with van der Waals surface area (Å²) in [6, 6.07) is 0. The monoisotopic (exact) mass is 169 g/mol. The summed E-state index contributed by atoms with van der Waals surface area (Å²) >= 11 is 0. The van der Waals surface area contributed by atoms with E-state index in [-0.39, 0.29) is 0 Å². The van der Waals surface area contributed by atoms with Crippen LogP contribution in [0.5, 0.6) is 0 Å². The lowest BCUT2D eigenvalue weighted by molar-refractivity contribution is 0.208. The van der Waals surface area contributed by atoms with Gasteiger partial charge in [-0.3, -0.25) is 0 Å². The molecule has 0 aromatic rings. The lowest BCUT2D eigenvalue weighted by atomic mass is 9.75. The highest BCUT2D eigenvalue weighted by atomic mass is 14.3. The van der Waals surface area contributed by atoms with Crippen molar-refractivity contribution in [3.8, 4) is 0 Å². The normalized spacial score (nSPS) is 14.8. The summed E-state index contributed by atoms with van der Waals surface area (Å²) in [5.74, 6) is 0.870. The van der Waals surface area contributed by atoms with Crippen molar-refractivity contribution in [1.82, 2.24) is 0 Å². The molecule has 0 aromatic heterocycles. The van der Waals surface area contributed by atoms with E-state index in [9.17, 15) is 0 Å². The summed E-state index contributed by atoms with van der Waals surface area (Å²) < 4.78 is 0. The molecule has 0 aliphatic carbocycles. The van der Waals surface area contributed by atoms with Crippen LogP contribution in [0.15, 0.2) is 0 Å². The summed E-state index contributed by atoms with van der Waals surface area (Å²) in [4.78, 5) is 0. The van der Waals surface area contributed by atoms with Crippen LogP contribution < -0.4 is 0 Å². The molecule has 0 aliphatic rings. The van der Waals surface area contributed by atoms with Gasteiger partial charge in [0.25, 0.3) is 0 Å². The van der Waals surface area contributed by atoms with Crippen LogP contribution in [0.3, 0.4) is 0 Å². The number of hydrogen-bond donors (Lipinski definition) is 0. The third-order valence-corrected chi connectivity index (χ3v) is 2.68. The molecule has 12 heavy (non-hydrogen) atoms. The molecule has 0 N–H and O–H groups in total. The third kappa shape index (κ3) is 4.79. The minimum absolute atomic E-state index is 0.479. The van der Waals surface area contributed by atoms with E-state index in [0.29, 0.717) is 5.41 Å². The lowest BCUT2D eigenvalue weighted by Gasteiger charge is -2.30. The van der Waals surface area contributed by atoms with E-state index in [0.717, 1.165) is 12.3 Å². The highest BCUT2D eigenvalue weighted by molar-refractivity contribution is 4.74. The molecule has 0 nitrogen and oxygen atoms in total. The molecule has 1 atom stereocenters. The molecule has 73 valence electrons. The van der Waals surface area contributed by atoms with Crippen LogP contribution in [0, 0.1) is 18.3 Å². The lowest BCUT2D eigenvalue weighted by Crippen LogP contribution is -2.20. The Labute approximate surface area is 78.8 Å². The zero-order valence-electron chi connectivity index (χ0n) is 9.32. The summed E-state index contributed by atoms with van der Waals surface area (Å²) in [5.41, 5.74) is 0.479. The highest BCUT2D eigenvalue weighted by Gasteiger charge is 2.22. The van der Waals surface area contributed by atoms with Crippen LogP contribution in [0.2, 0.25) is 0 Å². The first kappa shape index (κ1) is 12.0. The largest absolute Gasteiger partial charge is 0.0654 e. The number of hydrogen-bond acceptors (Lipinski definition) is 0. The Balaban J connectivity index is 3.86. The van der Waals surface area contributed by atoms with E-state index < -0.39 is 0 Å². The summed E-state index contributed by atoms with van der Waals surface area (Å²) in [7, 11) is 0. The number of rotatable bonds is 5. The zero-order chi connectivity index (χ0) is 9.61. The quantitative estimate of drug-likeness (QED) is 0.570. The fourth-order valence-electron chi connectivity index (χ4n) is 1.71. The van der Waals surface area contributed by atoms with E-state index >= 15 is 0 Å². The van der Waals surface area contributed by atoms with Crippen LogP contribution in [-0.2, 0) is 0 Å². The van der Waals surface area contributed by atoms with Crippen LogP contribution in [0.4, 0.5) is 0 Å². The first-order chi connectivity index (χ1) is 5.52. The van der Waals surface area contributed by atoms with Crippen molar-refractivity contribution < 1.29 is 0 Å². The van der Waals surface area contributed by atoms with E-state index in [1.165, 1.54) is 25.7 Å². The van der Waals surface area contributed by atoms with Gasteiger partial charge in [-0.25, -0.2) is 0 Å². The van der Waals surface area contributed by atoms with E-state index in [1.54, 1.807) is 0 Å². The molecule has 0 bridgehead atoms. The van der Waals surface area contributed by atoms with Crippen molar-refractivity contribution in [1.29, 1.82) is 0 Å². The van der Waals surface area contributed by atoms with Crippen molar-refractivity contribution in [2.75, 3.05) is 0 Å². The Hall–Kier alpha value is 0. The van der Waals surface area contributed by atoms with Crippen molar-refractivity contribution in [2.45, 2.75) is 59.8 Å². The fraction of sp³-hybridized carbons (Fsp3) is 0.917. The molecule has 0 spiro atoms. The van der Waals surface area contributed by atoms with Gasteiger partial charge in [0, 0.05) is 0 Å². The molecule has 1 radical (unpaired) electrons. The average Bonchev–Trinajstić information content (AvgIpc) is 1.95. The molecule has 0 aromatic carbocycles. The molecular weight excluding hydrogens is 144 g/mol. The minimum atomic E-state index is 0.479. The highest BCUT2D eigenvalue weighted by Crippen LogP contribution is 2.33. The Kier molecular flexibility index (Phi) is 5.61. The summed E-state index contributed by atoms with van der Waals surface area (Å²) in [5, 5.41) is 0. The first-order valence-corrected chi connectivity index (χ1v) is 5.31. The van der Waals surface area contributed by atoms with Gasteiger partial charge in [0.2, 0.25) is 0 Å². The van der Waals surface area contributed by atoms with Crippen molar-refractivity contribution in [2.24, 2.45) is 11.3 Å². The number of unbranched alkanes of at least 4 members (excludes halogenated alkanes) is 1.